The molecule has 7 rings (SSSR count). The zero-order chi connectivity index (χ0) is 20.9. The van der Waals surface area contributed by atoms with Crippen molar-refractivity contribution < 1.29 is 0 Å². The Balaban J connectivity index is 1.23. The standard InChI is InChI=1S/C26H33N5/c1-20-18-30(19-27-20)26-13-10-25(11-14-26,12-15-26)17-23-28-24-22(21-7-3-2-4-8-21)9-5-6-16-31(24)29-23/h2-4,7-8,18-19,22H,5-6,9-17H2,1H3. The SMILES string of the molecule is Cc1cn(C23CCC(Cc4nc5n(n4)CCCCC5c4ccccc4)(CC2)CC3)cn1. The zero-order valence-corrected chi connectivity index (χ0v) is 18.6. The van der Waals surface area contributed by atoms with Crippen LogP contribution in [0.2, 0.25) is 0 Å². The molecule has 2 bridgehead atoms. The third kappa shape index (κ3) is 3.33. The number of aromatic nitrogens is 5. The first-order valence-electron chi connectivity index (χ1n) is 12.1. The highest BCUT2D eigenvalue weighted by molar-refractivity contribution is 5.26. The number of hydrogen-bond acceptors (Lipinski definition) is 3. The van der Waals surface area contributed by atoms with Gasteiger partial charge >= 0.3 is 0 Å². The van der Waals surface area contributed by atoms with E-state index in [9.17, 15) is 0 Å². The molecule has 5 heteroatoms. The lowest BCUT2D eigenvalue weighted by Crippen LogP contribution is -2.48. The smallest absolute Gasteiger partial charge is 0.151 e. The van der Waals surface area contributed by atoms with E-state index in [-0.39, 0.29) is 0 Å². The van der Waals surface area contributed by atoms with Crippen LogP contribution in [-0.2, 0) is 18.5 Å². The molecule has 0 radical (unpaired) electrons. The first-order chi connectivity index (χ1) is 15.1. The predicted molar refractivity (Wildman–Crippen MR) is 121 cm³/mol. The second-order valence-electron chi connectivity index (χ2n) is 10.4. The molecule has 3 heterocycles. The maximum absolute atomic E-state index is 5.19. The van der Waals surface area contributed by atoms with Gasteiger partial charge in [0.15, 0.2) is 5.82 Å². The van der Waals surface area contributed by atoms with E-state index in [1.807, 2.05) is 0 Å². The van der Waals surface area contributed by atoms with Gasteiger partial charge in [-0.3, -0.25) is 0 Å². The molecule has 3 fully saturated rings. The van der Waals surface area contributed by atoms with Crippen LogP contribution >= 0.6 is 0 Å². The number of nitrogens with zero attached hydrogens (tertiary/aromatic N) is 5. The lowest BCUT2D eigenvalue weighted by atomic mass is 9.56. The molecule has 1 unspecified atom stereocenters. The van der Waals surface area contributed by atoms with Crippen molar-refractivity contribution in [2.75, 3.05) is 0 Å². The van der Waals surface area contributed by atoms with Crippen molar-refractivity contribution in [3.8, 4) is 0 Å². The molecule has 162 valence electrons. The lowest BCUT2D eigenvalue weighted by molar-refractivity contribution is -0.00128. The van der Waals surface area contributed by atoms with Gasteiger partial charge in [-0.15, -0.1) is 0 Å². The van der Waals surface area contributed by atoms with E-state index in [4.69, 9.17) is 10.1 Å². The molecule has 0 spiro atoms. The third-order valence-electron chi connectivity index (χ3n) is 8.53. The summed E-state index contributed by atoms with van der Waals surface area (Å²) in [6.45, 7) is 3.11. The summed E-state index contributed by atoms with van der Waals surface area (Å²) in [4.78, 5) is 9.69. The quantitative estimate of drug-likeness (QED) is 0.574. The Kier molecular flexibility index (Phi) is 4.55. The van der Waals surface area contributed by atoms with Crippen LogP contribution in [0.5, 0.6) is 0 Å². The molecule has 0 saturated heterocycles. The number of fused-ring (bicyclic) bond motifs is 4. The normalized spacial score (nSPS) is 30.2. The zero-order valence-electron chi connectivity index (χ0n) is 18.6. The van der Waals surface area contributed by atoms with Crippen LogP contribution in [0.25, 0.3) is 0 Å². The Bertz CT molecular complexity index is 1040. The molecule has 0 amide bonds. The molecule has 31 heavy (non-hydrogen) atoms. The molecule has 5 nitrogen and oxygen atoms in total. The molecule has 0 N–H and O–H groups in total. The van der Waals surface area contributed by atoms with Gasteiger partial charge < -0.3 is 4.57 Å². The number of benzene rings is 1. The fourth-order valence-electron chi connectivity index (χ4n) is 6.55. The van der Waals surface area contributed by atoms with Crippen LogP contribution in [0.1, 0.15) is 86.6 Å². The van der Waals surface area contributed by atoms with Crippen LogP contribution < -0.4 is 0 Å². The second kappa shape index (κ2) is 7.32. The Morgan fingerprint density at radius 1 is 1.00 bits per heavy atom. The number of rotatable bonds is 4. The van der Waals surface area contributed by atoms with Crippen LogP contribution in [0.3, 0.4) is 0 Å². The van der Waals surface area contributed by atoms with Crippen LogP contribution in [0.15, 0.2) is 42.9 Å². The highest BCUT2D eigenvalue weighted by atomic mass is 15.4. The van der Waals surface area contributed by atoms with E-state index in [1.165, 1.54) is 69.2 Å². The van der Waals surface area contributed by atoms with Crippen LogP contribution in [0.4, 0.5) is 0 Å². The van der Waals surface area contributed by atoms with E-state index in [0.717, 1.165) is 24.5 Å². The maximum Gasteiger partial charge on any atom is 0.151 e. The highest BCUT2D eigenvalue weighted by Gasteiger charge is 2.50. The summed E-state index contributed by atoms with van der Waals surface area (Å²) in [7, 11) is 0. The molecule has 1 aliphatic heterocycles. The van der Waals surface area contributed by atoms with E-state index >= 15 is 0 Å². The van der Waals surface area contributed by atoms with Crippen molar-refractivity contribution in [2.24, 2.45) is 5.41 Å². The average Bonchev–Trinajstić information content (AvgIpc) is 3.37. The van der Waals surface area contributed by atoms with Gasteiger partial charge in [0.25, 0.3) is 0 Å². The molecule has 3 aliphatic carbocycles. The van der Waals surface area contributed by atoms with E-state index in [2.05, 4.69) is 64.0 Å². The Labute approximate surface area is 184 Å². The minimum Gasteiger partial charge on any atom is -0.331 e. The summed E-state index contributed by atoms with van der Waals surface area (Å²) in [6, 6.07) is 10.9. The van der Waals surface area contributed by atoms with Crippen molar-refractivity contribution in [2.45, 2.75) is 89.1 Å². The van der Waals surface area contributed by atoms with Crippen LogP contribution in [0, 0.1) is 12.3 Å². The molecular formula is C26H33N5. The minimum absolute atomic E-state index is 0.306. The predicted octanol–water partition coefficient (Wildman–Crippen LogP) is 5.39. The van der Waals surface area contributed by atoms with Crippen molar-refractivity contribution >= 4 is 0 Å². The van der Waals surface area contributed by atoms with Crippen molar-refractivity contribution in [1.82, 2.24) is 24.3 Å². The number of hydrogen-bond donors (Lipinski definition) is 0. The molecule has 2 aromatic heterocycles. The van der Waals surface area contributed by atoms with Gasteiger partial charge in [-0.05, 0) is 69.3 Å². The lowest BCUT2D eigenvalue weighted by Gasteiger charge is -2.53. The van der Waals surface area contributed by atoms with Crippen LogP contribution in [-0.4, -0.2) is 24.3 Å². The number of aryl methyl sites for hydroxylation is 2. The minimum atomic E-state index is 0.306. The average molecular weight is 416 g/mol. The Morgan fingerprint density at radius 3 is 2.48 bits per heavy atom. The van der Waals surface area contributed by atoms with E-state index in [0.29, 0.717) is 16.9 Å². The van der Waals surface area contributed by atoms with Gasteiger partial charge in [0.1, 0.15) is 5.82 Å². The highest BCUT2D eigenvalue weighted by Crippen LogP contribution is 2.56. The third-order valence-corrected chi connectivity index (χ3v) is 8.53. The summed E-state index contributed by atoms with van der Waals surface area (Å²) in [6.07, 6.45) is 16.7. The maximum atomic E-state index is 5.19. The van der Waals surface area contributed by atoms with Crippen molar-refractivity contribution in [1.29, 1.82) is 0 Å². The summed E-state index contributed by atoms with van der Waals surface area (Å²) in [5.74, 6) is 2.67. The fourth-order valence-corrected chi connectivity index (χ4v) is 6.55. The Morgan fingerprint density at radius 2 is 1.77 bits per heavy atom. The van der Waals surface area contributed by atoms with Crippen molar-refractivity contribution in [3.05, 3.63) is 65.8 Å². The van der Waals surface area contributed by atoms with Crippen molar-refractivity contribution in [3.63, 3.8) is 0 Å². The molecule has 1 atom stereocenters. The summed E-state index contributed by atoms with van der Waals surface area (Å²) in [5.41, 5.74) is 3.22. The van der Waals surface area contributed by atoms with Gasteiger partial charge in [-0.25, -0.2) is 14.6 Å². The topological polar surface area (TPSA) is 48.5 Å². The molecule has 3 saturated carbocycles. The summed E-state index contributed by atoms with van der Waals surface area (Å²) < 4.78 is 4.66. The fraction of sp³-hybridized carbons (Fsp3) is 0.577. The van der Waals surface area contributed by atoms with Gasteiger partial charge in [0, 0.05) is 30.6 Å². The van der Waals surface area contributed by atoms with Gasteiger partial charge in [-0.1, -0.05) is 36.8 Å². The van der Waals surface area contributed by atoms with Gasteiger partial charge in [0.2, 0.25) is 0 Å². The molecule has 4 aliphatic rings. The largest absolute Gasteiger partial charge is 0.331 e. The monoisotopic (exact) mass is 415 g/mol. The molecular weight excluding hydrogens is 382 g/mol. The van der Waals surface area contributed by atoms with Gasteiger partial charge in [-0.2, -0.15) is 5.10 Å². The van der Waals surface area contributed by atoms with Gasteiger partial charge in [0.05, 0.1) is 12.0 Å². The summed E-state index contributed by atoms with van der Waals surface area (Å²) in [5, 5.41) is 5.06. The second-order valence-corrected chi connectivity index (χ2v) is 10.4. The molecule has 1 aromatic carbocycles. The van der Waals surface area contributed by atoms with E-state index in [1.54, 1.807) is 0 Å². The first-order valence-corrected chi connectivity index (χ1v) is 12.1. The number of imidazole rings is 1. The first kappa shape index (κ1) is 19.3. The summed E-state index contributed by atoms with van der Waals surface area (Å²) >= 11 is 0. The Hall–Kier alpha value is -2.43. The van der Waals surface area contributed by atoms with E-state index < -0.39 is 0 Å². The molecule has 3 aromatic rings.